The summed E-state index contributed by atoms with van der Waals surface area (Å²) in [6.45, 7) is 15.8. The second-order valence-electron chi connectivity index (χ2n) is 7.81. The molecule has 0 heterocycles. The first-order valence-electron chi connectivity index (χ1n) is 6.97. The molecule has 0 unspecified atom stereocenters. The quantitative estimate of drug-likeness (QED) is 0.705. The molecule has 0 bridgehead atoms. The number of halogens is 1. The fraction of sp³-hybridized carbons (Fsp3) is 0.933. The standard InChI is InChI=1S/C15H30BrNO3/c1-13(2,3)20-12(18)17-9-15(6,7)11-19-10-14(4,5)8-16/h8-11H2,1-7H3,(H,17,18). The molecule has 0 aliphatic carbocycles. The summed E-state index contributed by atoms with van der Waals surface area (Å²) in [6.07, 6.45) is -0.383. The van der Waals surface area contributed by atoms with Gasteiger partial charge >= 0.3 is 6.09 Å². The van der Waals surface area contributed by atoms with E-state index in [0.29, 0.717) is 19.8 Å². The van der Waals surface area contributed by atoms with Crippen LogP contribution in [0.2, 0.25) is 0 Å². The van der Waals surface area contributed by atoms with E-state index in [1.54, 1.807) is 0 Å². The van der Waals surface area contributed by atoms with Crippen LogP contribution in [0.3, 0.4) is 0 Å². The molecule has 0 rings (SSSR count). The van der Waals surface area contributed by atoms with E-state index in [2.05, 4.69) is 48.9 Å². The second-order valence-corrected chi connectivity index (χ2v) is 8.37. The van der Waals surface area contributed by atoms with Gasteiger partial charge in [0.25, 0.3) is 0 Å². The third-order valence-corrected chi connectivity index (χ3v) is 3.98. The van der Waals surface area contributed by atoms with E-state index in [1.807, 2.05) is 20.8 Å². The lowest BCUT2D eigenvalue weighted by atomic mass is 9.94. The van der Waals surface area contributed by atoms with Gasteiger partial charge in [-0.3, -0.25) is 0 Å². The first kappa shape index (κ1) is 19.7. The molecule has 20 heavy (non-hydrogen) atoms. The van der Waals surface area contributed by atoms with Gasteiger partial charge in [-0.2, -0.15) is 0 Å². The topological polar surface area (TPSA) is 47.6 Å². The minimum atomic E-state index is -0.468. The Morgan fingerprint density at radius 1 is 1.00 bits per heavy atom. The number of nitrogens with one attached hydrogen (secondary N) is 1. The van der Waals surface area contributed by atoms with Crippen molar-refractivity contribution in [1.82, 2.24) is 5.32 Å². The van der Waals surface area contributed by atoms with Crippen molar-refractivity contribution in [2.24, 2.45) is 10.8 Å². The largest absolute Gasteiger partial charge is 0.444 e. The number of hydrogen-bond acceptors (Lipinski definition) is 3. The lowest BCUT2D eigenvalue weighted by molar-refractivity contribution is 0.0186. The molecule has 0 fully saturated rings. The summed E-state index contributed by atoms with van der Waals surface area (Å²) in [5.41, 5.74) is -0.474. The lowest BCUT2D eigenvalue weighted by Gasteiger charge is -2.28. The van der Waals surface area contributed by atoms with E-state index < -0.39 is 5.60 Å². The molecule has 0 aromatic carbocycles. The zero-order valence-electron chi connectivity index (χ0n) is 13.9. The lowest BCUT2D eigenvalue weighted by Crippen LogP contribution is -2.40. The first-order valence-corrected chi connectivity index (χ1v) is 8.10. The monoisotopic (exact) mass is 351 g/mol. The molecule has 0 aliphatic heterocycles. The molecule has 0 spiro atoms. The first-order chi connectivity index (χ1) is 8.87. The molecular weight excluding hydrogens is 322 g/mol. The minimum Gasteiger partial charge on any atom is -0.444 e. The van der Waals surface area contributed by atoms with Crippen molar-refractivity contribution in [3.05, 3.63) is 0 Å². The van der Waals surface area contributed by atoms with Crippen LogP contribution >= 0.6 is 15.9 Å². The molecular formula is C15H30BrNO3. The number of carbonyl (C=O) groups is 1. The van der Waals surface area contributed by atoms with Crippen molar-refractivity contribution >= 4 is 22.0 Å². The Bertz CT molecular complexity index is 309. The average molecular weight is 352 g/mol. The van der Waals surface area contributed by atoms with Crippen molar-refractivity contribution < 1.29 is 14.3 Å². The number of hydrogen-bond donors (Lipinski definition) is 1. The van der Waals surface area contributed by atoms with Crippen LogP contribution in [0, 0.1) is 10.8 Å². The predicted octanol–water partition coefficient (Wildman–Crippen LogP) is 3.98. The van der Waals surface area contributed by atoms with Gasteiger partial charge in [-0.15, -0.1) is 0 Å². The summed E-state index contributed by atoms with van der Waals surface area (Å²) in [4.78, 5) is 11.6. The van der Waals surface area contributed by atoms with Crippen LogP contribution in [-0.4, -0.2) is 36.8 Å². The van der Waals surface area contributed by atoms with E-state index >= 15 is 0 Å². The number of rotatable bonds is 7. The summed E-state index contributed by atoms with van der Waals surface area (Å²) < 4.78 is 11.0. The van der Waals surface area contributed by atoms with Crippen LogP contribution in [0.15, 0.2) is 0 Å². The molecule has 0 radical (unpaired) electrons. The van der Waals surface area contributed by atoms with Gasteiger partial charge in [0.1, 0.15) is 5.60 Å². The summed E-state index contributed by atoms with van der Waals surface area (Å²) >= 11 is 3.48. The van der Waals surface area contributed by atoms with Gasteiger partial charge < -0.3 is 14.8 Å². The van der Waals surface area contributed by atoms with Crippen LogP contribution in [0.5, 0.6) is 0 Å². The van der Waals surface area contributed by atoms with Crippen LogP contribution in [-0.2, 0) is 9.47 Å². The fourth-order valence-electron chi connectivity index (χ4n) is 1.32. The molecule has 0 aromatic heterocycles. The average Bonchev–Trinajstić information content (AvgIpc) is 2.24. The fourth-order valence-corrected chi connectivity index (χ4v) is 1.48. The highest BCUT2D eigenvalue weighted by molar-refractivity contribution is 9.09. The summed E-state index contributed by atoms with van der Waals surface area (Å²) in [6, 6.07) is 0. The maximum Gasteiger partial charge on any atom is 0.407 e. The smallest absolute Gasteiger partial charge is 0.407 e. The summed E-state index contributed by atoms with van der Waals surface area (Å²) in [5.74, 6) is 0. The minimum absolute atomic E-state index is 0.120. The molecule has 5 heteroatoms. The highest BCUT2D eigenvalue weighted by Crippen LogP contribution is 2.21. The predicted molar refractivity (Wildman–Crippen MR) is 86.4 cm³/mol. The van der Waals surface area contributed by atoms with Crippen LogP contribution in [0.4, 0.5) is 4.79 Å². The Morgan fingerprint density at radius 2 is 1.50 bits per heavy atom. The van der Waals surface area contributed by atoms with E-state index in [0.717, 1.165) is 5.33 Å². The number of ether oxygens (including phenoxy) is 2. The van der Waals surface area contributed by atoms with Crippen molar-refractivity contribution in [2.75, 3.05) is 25.1 Å². The van der Waals surface area contributed by atoms with Gasteiger partial charge in [0.2, 0.25) is 0 Å². The normalized spacial score (nSPS) is 13.2. The van der Waals surface area contributed by atoms with Crippen molar-refractivity contribution in [3.63, 3.8) is 0 Å². The van der Waals surface area contributed by atoms with Gasteiger partial charge in [-0.25, -0.2) is 4.79 Å². The van der Waals surface area contributed by atoms with Crippen molar-refractivity contribution in [1.29, 1.82) is 0 Å². The molecule has 0 atom stereocenters. The number of alkyl carbamates (subject to hydrolysis) is 1. The number of carbonyl (C=O) groups excluding carboxylic acids is 1. The van der Waals surface area contributed by atoms with Gasteiger partial charge in [0.05, 0.1) is 13.2 Å². The molecule has 4 nitrogen and oxygen atoms in total. The van der Waals surface area contributed by atoms with Crippen molar-refractivity contribution in [2.45, 2.75) is 54.1 Å². The molecule has 1 amide bonds. The van der Waals surface area contributed by atoms with Gasteiger partial charge in [0, 0.05) is 17.3 Å². The molecule has 120 valence electrons. The van der Waals surface area contributed by atoms with Crippen LogP contribution < -0.4 is 5.32 Å². The molecule has 0 aliphatic rings. The summed E-state index contributed by atoms with van der Waals surface area (Å²) in [5, 5.41) is 3.69. The highest BCUT2D eigenvalue weighted by Gasteiger charge is 2.24. The SMILES string of the molecule is CC(C)(CBr)COCC(C)(C)CNC(=O)OC(C)(C)C. The van der Waals surface area contributed by atoms with E-state index in [1.165, 1.54) is 0 Å². The number of alkyl halides is 1. The summed E-state index contributed by atoms with van der Waals surface area (Å²) in [7, 11) is 0. The van der Waals surface area contributed by atoms with Crippen molar-refractivity contribution in [3.8, 4) is 0 Å². The van der Waals surface area contributed by atoms with Crippen LogP contribution in [0.1, 0.15) is 48.5 Å². The van der Waals surface area contributed by atoms with E-state index in [4.69, 9.17) is 9.47 Å². The molecule has 0 saturated heterocycles. The van der Waals surface area contributed by atoms with Gasteiger partial charge in [-0.1, -0.05) is 43.6 Å². The third kappa shape index (κ3) is 10.5. The Morgan fingerprint density at radius 3 is 1.95 bits per heavy atom. The van der Waals surface area contributed by atoms with Gasteiger partial charge in [-0.05, 0) is 26.2 Å². The maximum atomic E-state index is 11.6. The number of amides is 1. The zero-order chi connectivity index (χ0) is 16.0. The van der Waals surface area contributed by atoms with E-state index in [-0.39, 0.29) is 16.9 Å². The Labute approximate surface area is 132 Å². The molecule has 1 N–H and O–H groups in total. The molecule has 0 saturated carbocycles. The second kappa shape index (κ2) is 7.64. The Balaban J connectivity index is 4.04. The van der Waals surface area contributed by atoms with E-state index in [9.17, 15) is 4.79 Å². The Hall–Kier alpha value is -0.290. The Kier molecular flexibility index (Phi) is 7.53. The van der Waals surface area contributed by atoms with Crippen LogP contribution in [0.25, 0.3) is 0 Å². The molecule has 0 aromatic rings. The third-order valence-electron chi connectivity index (χ3n) is 2.46. The maximum absolute atomic E-state index is 11.6. The zero-order valence-corrected chi connectivity index (χ0v) is 15.5. The van der Waals surface area contributed by atoms with Gasteiger partial charge in [0.15, 0.2) is 0 Å². The highest BCUT2D eigenvalue weighted by atomic mass is 79.9.